The maximum atomic E-state index is 12.7. The van der Waals surface area contributed by atoms with Crippen LogP contribution in [0.3, 0.4) is 0 Å². The summed E-state index contributed by atoms with van der Waals surface area (Å²) >= 11 is 0. The number of likely N-dealkylation sites (tertiary alicyclic amines) is 1. The quantitative estimate of drug-likeness (QED) is 0.787. The predicted octanol–water partition coefficient (Wildman–Crippen LogP) is 2.24. The Labute approximate surface area is 180 Å². The Morgan fingerprint density at radius 3 is 2.65 bits per heavy atom. The van der Waals surface area contributed by atoms with Crippen LogP contribution in [0.5, 0.6) is 11.5 Å². The number of carbonyl (C=O) groups is 1. The van der Waals surface area contributed by atoms with Crippen LogP contribution in [0.1, 0.15) is 56.3 Å². The number of piperidine rings is 1. The number of nitrogens with one attached hydrogen (secondary N) is 1. The van der Waals surface area contributed by atoms with Gasteiger partial charge < -0.3 is 14.8 Å². The predicted molar refractivity (Wildman–Crippen MR) is 115 cm³/mol. The summed E-state index contributed by atoms with van der Waals surface area (Å²) in [6.45, 7) is 2.19. The zero-order chi connectivity index (χ0) is 21.4. The summed E-state index contributed by atoms with van der Waals surface area (Å²) in [7, 11) is 1.74. The van der Waals surface area contributed by atoms with Gasteiger partial charge in [-0.2, -0.15) is 5.10 Å². The maximum absolute atomic E-state index is 12.7. The monoisotopic (exact) mass is 427 g/mol. The van der Waals surface area contributed by atoms with Crippen molar-refractivity contribution in [2.75, 3.05) is 31.7 Å². The van der Waals surface area contributed by atoms with Crippen molar-refractivity contribution in [2.24, 2.45) is 7.05 Å². The SMILES string of the molecule is Cn1nc(C2CCN(CC(=O)Nc3ccc4c(c3)OCO4)CC2)n(C2CCCC2)c1=O. The zero-order valence-electron chi connectivity index (χ0n) is 17.9. The molecule has 1 aromatic carbocycles. The number of aryl methyl sites for hydroxylation is 1. The minimum Gasteiger partial charge on any atom is -0.454 e. The summed E-state index contributed by atoms with van der Waals surface area (Å²) in [5, 5.41) is 7.54. The lowest BCUT2D eigenvalue weighted by atomic mass is 9.95. The third kappa shape index (κ3) is 4.06. The van der Waals surface area contributed by atoms with Gasteiger partial charge in [-0.3, -0.25) is 14.3 Å². The lowest BCUT2D eigenvalue weighted by Crippen LogP contribution is -2.39. The van der Waals surface area contributed by atoms with Crippen LogP contribution in [0.2, 0.25) is 0 Å². The van der Waals surface area contributed by atoms with Gasteiger partial charge in [-0.1, -0.05) is 12.8 Å². The molecule has 1 amide bonds. The van der Waals surface area contributed by atoms with Gasteiger partial charge in [0.25, 0.3) is 0 Å². The second kappa shape index (κ2) is 8.37. The molecule has 0 bridgehead atoms. The van der Waals surface area contributed by atoms with Gasteiger partial charge in [0.2, 0.25) is 12.7 Å². The number of hydrogen-bond donors (Lipinski definition) is 1. The summed E-state index contributed by atoms with van der Waals surface area (Å²) in [5.41, 5.74) is 0.714. The topological polar surface area (TPSA) is 90.6 Å². The molecular weight excluding hydrogens is 398 g/mol. The first-order valence-corrected chi connectivity index (χ1v) is 11.2. The summed E-state index contributed by atoms with van der Waals surface area (Å²) in [5.74, 6) is 2.51. The van der Waals surface area contributed by atoms with Gasteiger partial charge in [0.15, 0.2) is 11.5 Å². The van der Waals surface area contributed by atoms with Crippen molar-refractivity contribution in [3.8, 4) is 11.5 Å². The van der Waals surface area contributed by atoms with Crippen LogP contribution in [-0.4, -0.2) is 51.6 Å². The number of anilines is 1. The molecule has 3 aliphatic rings. The summed E-state index contributed by atoms with van der Waals surface area (Å²) < 4.78 is 14.1. The highest BCUT2D eigenvalue weighted by molar-refractivity contribution is 5.92. The molecule has 2 aliphatic heterocycles. The largest absolute Gasteiger partial charge is 0.454 e. The van der Waals surface area contributed by atoms with E-state index in [2.05, 4.69) is 15.3 Å². The summed E-state index contributed by atoms with van der Waals surface area (Å²) in [4.78, 5) is 27.3. The highest BCUT2D eigenvalue weighted by Crippen LogP contribution is 2.35. The molecule has 2 aromatic rings. The molecule has 0 unspecified atom stereocenters. The van der Waals surface area contributed by atoms with Crippen LogP contribution in [0.25, 0.3) is 0 Å². The number of benzene rings is 1. The van der Waals surface area contributed by atoms with Crippen LogP contribution < -0.4 is 20.5 Å². The molecule has 1 aromatic heterocycles. The first-order valence-electron chi connectivity index (χ1n) is 11.2. The molecule has 0 spiro atoms. The Kier molecular flexibility index (Phi) is 5.43. The minimum atomic E-state index is -0.0435. The van der Waals surface area contributed by atoms with Crippen LogP contribution in [0.4, 0.5) is 5.69 Å². The third-order valence-electron chi connectivity index (χ3n) is 6.65. The van der Waals surface area contributed by atoms with Gasteiger partial charge in [-0.15, -0.1) is 0 Å². The van der Waals surface area contributed by atoms with Gasteiger partial charge in [0.1, 0.15) is 5.82 Å². The zero-order valence-corrected chi connectivity index (χ0v) is 17.9. The fourth-order valence-corrected chi connectivity index (χ4v) is 5.01. The average Bonchev–Trinajstić information content (AvgIpc) is 3.50. The number of fused-ring (bicyclic) bond motifs is 1. The van der Waals surface area contributed by atoms with E-state index >= 15 is 0 Å². The van der Waals surface area contributed by atoms with Crippen LogP contribution in [0.15, 0.2) is 23.0 Å². The Hall–Kier alpha value is -2.81. The Morgan fingerprint density at radius 1 is 1.13 bits per heavy atom. The smallest absolute Gasteiger partial charge is 0.345 e. The molecule has 9 nitrogen and oxygen atoms in total. The second-order valence-electron chi connectivity index (χ2n) is 8.74. The third-order valence-corrected chi connectivity index (χ3v) is 6.65. The first kappa shape index (κ1) is 20.1. The molecule has 3 heterocycles. The fraction of sp³-hybridized carbons (Fsp3) is 0.591. The highest BCUT2D eigenvalue weighted by Gasteiger charge is 2.30. The number of hydrogen-bond acceptors (Lipinski definition) is 6. The van der Waals surface area contributed by atoms with Crippen molar-refractivity contribution >= 4 is 11.6 Å². The number of nitrogens with zero attached hydrogens (tertiary/aromatic N) is 4. The van der Waals surface area contributed by atoms with Crippen molar-refractivity contribution in [3.63, 3.8) is 0 Å². The Morgan fingerprint density at radius 2 is 1.87 bits per heavy atom. The van der Waals surface area contributed by atoms with E-state index in [-0.39, 0.29) is 24.3 Å². The second-order valence-corrected chi connectivity index (χ2v) is 8.74. The van der Waals surface area contributed by atoms with Gasteiger partial charge in [0.05, 0.1) is 6.54 Å². The summed E-state index contributed by atoms with van der Waals surface area (Å²) in [6.07, 6.45) is 6.31. The van der Waals surface area contributed by atoms with Gasteiger partial charge >= 0.3 is 5.69 Å². The minimum absolute atomic E-state index is 0.00688. The number of amides is 1. The number of rotatable bonds is 5. The summed E-state index contributed by atoms with van der Waals surface area (Å²) in [6, 6.07) is 5.71. The first-order chi connectivity index (χ1) is 15.1. The van der Waals surface area contributed by atoms with Crippen molar-refractivity contribution in [3.05, 3.63) is 34.5 Å². The Balaban J connectivity index is 1.18. The maximum Gasteiger partial charge on any atom is 0.345 e. The van der Waals surface area contributed by atoms with E-state index in [9.17, 15) is 9.59 Å². The molecule has 5 rings (SSSR count). The molecule has 1 aliphatic carbocycles. The van der Waals surface area contributed by atoms with E-state index < -0.39 is 0 Å². The average molecular weight is 428 g/mol. The highest BCUT2D eigenvalue weighted by atomic mass is 16.7. The van der Waals surface area contributed by atoms with Crippen LogP contribution in [0, 0.1) is 0 Å². The normalized spacial score (nSPS) is 19.8. The lowest BCUT2D eigenvalue weighted by Gasteiger charge is -2.31. The molecule has 1 saturated carbocycles. The van der Waals surface area contributed by atoms with Crippen molar-refractivity contribution < 1.29 is 14.3 Å². The molecule has 9 heteroatoms. The fourth-order valence-electron chi connectivity index (χ4n) is 5.01. The molecule has 0 atom stereocenters. The van der Waals surface area contributed by atoms with E-state index in [4.69, 9.17) is 9.47 Å². The van der Waals surface area contributed by atoms with Crippen molar-refractivity contribution in [1.82, 2.24) is 19.2 Å². The molecule has 1 saturated heterocycles. The number of carbonyl (C=O) groups excluding carboxylic acids is 1. The Bertz CT molecular complexity index is 1020. The van der Waals surface area contributed by atoms with Gasteiger partial charge in [0, 0.05) is 30.8 Å². The van der Waals surface area contributed by atoms with Crippen molar-refractivity contribution in [2.45, 2.75) is 50.5 Å². The molecule has 31 heavy (non-hydrogen) atoms. The van der Waals surface area contributed by atoms with E-state index in [0.29, 0.717) is 29.8 Å². The standard InChI is InChI=1S/C22H29N5O4/c1-25-22(29)27(17-4-2-3-5-17)21(24-25)15-8-10-26(11-9-15)13-20(28)23-16-6-7-18-19(12-16)31-14-30-18/h6-7,12,15,17H,2-5,8-11,13-14H2,1H3,(H,23,28). The van der Waals surface area contributed by atoms with Gasteiger partial charge in [-0.05, 0) is 50.9 Å². The lowest BCUT2D eigenvalue weighted by molar-refractivity contribution is -0.117. The molecular formula is C22H29N5O4. The van der Waals surface area contributed by atoms with Crippen LogP contribution >= 0.6 is 0 Å². The molecule has 166 valence electrons. The molecule has 1 N–H and O–H groups in total. The van der Waals surface area contributed by atoms with E-state index in [0.717, 1.165) is 44.6 Å². The van der Waals surface area contributed by atoms with Gasteiger partial charge in [-0.25, -0.2) is 9.48 Å². The van der Waals surface area contributed by atoms with E-state index in [1.807, 2.05) is 10.6 Å². The molecule has 0 radical (unpaired) electrons. The van der Waals surface area contributed by atoms with E-state index in [1.54, 1.807) is 19.2 Å². The number of ether oxygens (including phenoxy) is 2. The number of aromatic nitrogens is 3. The van der Waals surface area contributed by atoms with Crippen molar-refractivity contribution in [1.29, 1.82) is 0 Å². The van der Waals surface area contributed by atoms with Crippen LogP contribution in [-0.2, 0) is 11.8 Å². The van der Waals surface area contributed by atoms with E-state index in [1.165, 1.54) is 17.5 Å². The molecule has 2 fully saturated rings.